The molecule has 6 heteroatoms. The van der Waals surface area contributed by atoms with Gasteiger partial charge in [-0.05, 0) is 73.4 Å². The average molecular weight is 443 g/mol. The predicted octanol–water partition coefficient (Wildman–Crippen LogP) is 5.23. The summed E-state index contributed by atoms with van der Waals surface area (Å²) in [7, 11) is 0. The first-order valence-corrected chi connectivity index (χ1v) is 10.9. The molecule has 2 heterocycles. The summed E-state index contributed by atoms with van der Waals surface area (Å²) in [5.74, 6) is 0.231. The maximum Gasteiger partial charge on any atom is 0.254 e. The first kappa shape index (κ1) is 22.4. The summed E-state index contributed by atoms with van der Waals surface area (Å²) in [6, 6.07) is 13.8. The molecule has 2 aromatic heterocycles. The van der Waals surface area contributed by atoms with Crippen molar-refractivity contribution in [2.24, 2.45) is 0 Å². The molecule has 0 aliphatic carbocycles. The molecule has 0 aliphatic rings. The molecule has 33 heavy (non-hydrogen) atoms. The summed E-state index contributed by atoms with van der Waals surface area (Å²) in [5, 5.41) is 0. The van der Waals surface area contributed by atoms with Crippen molar-refractivity contribution < 1.29 is 9.18 Å². The molecule has 4 rings (SSSR count). The van der Waals surface area contributed by atoms with Gasteiger partial charge in [-0.2, -0.15) is 0 Å². The first-order chi connectivity index (χ1) is 15.9. The van der Waals surface area contributed by atoms with Crippen LogP contribution in [-0.4, -0.2) is 25.3 Å². The van der Waals surface area contributed by atoms with Crippen molar-refractivity contribution in [1.82, 2.24) is 19.4 Å². The summed E-state index contributed by atoms with van der Waals surface area (Å²) in [4.78, 5) is 23.8. The molecule has 0 unspecified atom stereocenters. The van der Waals surface area contributed by atoms with Gasteiger partial charge in [0.05, 0.1) is 6.54 Å². The van der Waals surface area contributed by atoms with E-state index in [2.05, 4.69) is 47.4 Å². The zero-order valence-corrected chi connectivity index (χ0v) is 19.1. The van der Waals surface area contributed by atoms with E-state index in [1.165, 1.54) is 46.5 Å². The largest absolute Gasteiger partial charge is 0.329 e. The van der Waals surface area contributed by atoms with Crippen molar-refractivity contribution in [3.8, 4) is 0 Å². The predicted molar refractivity (Wildman–Crippen MR) is 126 cm³/mol. The number of amides is 1. The van der Waals surface area contributed by atoms with Crippen LogP contribution in [0, 0.1) is 26.6 Å². The lowest BCUT2D eigenvalue weighted by Crippen LogP contribution is -2.31. The number of rotatable bonds is 7. The first-order valence-electron chi connectivity index (χ1n) is 10.9. The van der Waals surface area contributed by atoms with E-state index < -0.39 is 0 Å². The number of carbonyl (C=O) groups excluding carboxylic acids is 1. The maximum atomic E-state index is 13.4. The number of hydrogen-bond acceptors (Lipinski definition) is 3. The van der Waals surface area contributed by atoms with Crippen LogP contribution in [0.2, 0.25) is 0 Å². The highest BCUT2D eigenvalue weighted by Crippen LogP contribution is 2.20. The van der Waals surface area contributed by atoms with Crippen molar-refractivity contribution in [3.05, 3.63) is 118 Å². The minimum Gasteiger partial charge on any atom is -0.329 e. The molecule has 0 radical (unpaired) electrons. The van der Waals surface area contributed by atoms with E-state index in [1.807, 2.05) is 18.3 Å². The lowest BCUT2D eigenvalue weighted by molar-refractivity contribution is 0.0723. The highest BCUT2D eigenvalue weighted by Gasteiger charge is 2.20. The highest BCUT2D eigenvalue weighted by atomic mass is 19.1. The third-order valence-corrected chi connectivity index (χ3v) is 5.78. The van der Waals surface area contributed by atoms with Crippen molar-refractivity contribution in [2.45, 2.75) is 40.4 Å². The van der Waals surface area contributed by atoms with E-state index in [9.17, 15) is 9.18 Å². The molecule has 0 bridgehead atoms. The second kappa shape index (κ2) is 9.77. The second-order valence-corrected chi connectivity index (χ2v) is 8.38. The Kier molecular flexibility index (Phi) is 6.63. The number of imidazole rings is 1. The molecule has 0 saturated carbocycles. The Morgan fingerprint density at radius 1 is 1.00 bits per heavy atom. The van der Waals surface area contributed by atoms with Crippen molar-refractivity contribution >= 4 is 5.91 Å². The summed E-state index contributed by atoms with van der Waals surface area (Å²) in [6.07, 6.45) is 7.16. The second-order valence-electron chi connectivity index (χ2n) is 8.38. The van der Waals surface area contributed by atoms with Crippen LogP contribution in [-0.2, 0) is 19.6 Å². The molecule has 1 amide bonds. The third-order valence-electron chi connectivity index (χ3n) is 5.78. The van der Waals surface area contributed by atoms with Crippen LogP contribution in [0.25, 0.3) is 0 Å². The molecule has 0 fully saturated rings. The maximum absolute atomic E-state index is 13.4. The smallest absolute Gasteiger partial charge is 0.254 e. The van der Waals surface area contributed by atoms with Gasteiger partial charge < -0.3 is 9.47 Å². The topological polar surface area (TPSA) is 51.0 Å². The van der Waals surface area contributed by atoms with E-state index >= 15 is 0 Å². The van der Waals surface area contributed by atoms with Crippen LogP contribution in [0.5, 0.6) is 0 Å². The van der Waals surface area contributed by atoms with Crippen molar-refractivity contribution in [3.63, 3.8) is 0 Å². The SMILES string of the molecule is Cc1cc(C)c(Cn2ccnc2CN(Cc2cccnc2)C(=O)c2ccc(F)cc2)c(C)c1. The van der Waals surface area contributed by atoms with E-state index in [-0.39, 0.29) is 11.7 Å². The standard InChI is InChI=1S/C27H27FN4O/c1-19-13-20(2)25(21(3)14-19)17-31-12-11-30-26(31)18-32(16-22-5-4-10-29-15-22)27(33)23-6-8-24(28)9-7-23/h4-15H,16-18H2,1-3H3. The Labute approximate surface area is 193 Å². The van der Waals surface area contributed by atoms with Crippen LogP contribution in [0.4, 0.5) is 4.39 Å². The third kappa shape index (κ3) is 5.34. The van der Waals surface area contributed by atoms with Gasteiger partial charge in [-0.3, -0.25) is 9.78 Å². The number of aryl methyl sites for hydroxylation is 3. The zero-order valence-electron chi connectivity index (χ0n) is 19.1. The zero-order chi connectivity index (χ0) is 23.4. The normalized spacial score (nSPS) is 10.9. The summed E-state index contributed by atoms with van der Waals surface area (Å²) in [6.45, 7) is 7.72. The van der Waals surface area contributed by atoms with Gasteiger partial charge in [0.25, 0.3) is 5.91 Å². The van der Waals surface area contributed by atoms with E-state index in [0.717, 1.165) is 11.4 Å². The van der Waals surface area contributed by atoms with Gasteiger partial charge in [0.2, 0.25) is 0 Å². The van der Waals surface area contributed by atoms with E-state index in [0.29, 0.717) is 25.2 Å². The van der Waals surface area contributed by atoms with E-state index in [1.54, 1.807) is 23.5 Å². The Hall–Kier alpha value is -3.80. The van der Waals surface area contributed by atoms with Crippen molar-refractivity contribution in [2.75, 3.05) is 0 Å². The van der Waals surface area contributed by atoms with Gasteiger partial charge in [0.1, 0.15) is 11.6 Å². The summed E-state index contributed by atoms with van der Waals surface area (Å²) >= 11 is 0. The molecule has 2 aromatic carbocycles. The van der Waals surface area contributed by atoms with Crippen LogP contribution < -0.4 is 0 Å². The molecule has 0 spiro atoms. The lowest BCUT2D eigenvalue weighted by atomic mass is 10.00. The van der Waals surface area contributed by atoms with Crippen LogP contribution >= 0.6 is 0 Å². The Balaban J connectivity index is 1.62. The molecular formula is C27H27FN4O. The molecule has 168 valence electrons. The lowest BCUT2D eigenvalue weighted by Gasteiger charge is -2.23. The molecular weight excluding hydrogens is 415 g/mol. The van der Waals surface area contributed by atoms with E-state index in [4.69, 9.17) is 0 Å². The summed E-state index contributed by atoms with van der Waals surface area (Å²) in [5.41, 5.74) is 6.32. The number of pyridine rings is 1. The van der Waals surface area contributed by atoms with Gasteiger partial charge in [-0.25, -0.2) is 9.37 Å². The summed E-state index contributed by atoms with van der Waals surface area (Å²) < 4.78 is 15.5. The Morgan fingerprint density at radius 2 is 1.73 bits per heavy atom. The molecule has 5 nitrogen and oxygen atoms in total. The van der Waals surface area contributed by atoms with Crippen molar-refractivity contribution in [1.29, 1.82) is 0 Å². The highest BCUT2D eigenvalue weighted by molar-refractivity contribution is 5.94. The number of aromatic nitrogens is 3. The van der Waals surface area contributed by atoms with Crippen LogP contribution in [0.15, 0.2) is 73.3 Å². The Bertz CT molecular complexity index is 1230. The molecule has 0 N–H and O–H groups in total. The van der Waals surface area contributed by atoms with Gasteiger partial charge in [0.15, 0.2) is 0 Å². The number of benzene rings is 2. The fourth-order valence-corrected chi connectivity index (χ4v) is 4.12. The number of hydrogen-bond donors (Lipinski definition) is 0. The van der Waals surface area contributed by atoms with Gasteiger partial charge in [-0.15, -0.1) is 0 Å². The number of halogens is 1. The Morgan fingerprint density at radius 3 is 2.39 bits per heavy atom. The van der Waals surface area contributed by atoms with Gasteiger partial charge >= 0.3 is 0 Å². The quantitative estimate of drug-likeness (QED) is 0.394. The minimum absolute atomic E-state index is 0.184. The fourth-order valence-electron chi connectivity index (χ4n) is 4.12. The number of carbonyl (C=O) groups is 1. The van der Waals surface area contributed by atoms with Crippen LogP contribution in [0.3, 0.4) is 0 Å². The molecule has 0 aliphatic heterocycles. The monoisotopic (exact) mass is 442 g/mol. The fraction of sp³-hybridized carbons (Fsp3) is 0.222. The van der Waals surface area contributed by atoms with Crippen LogP contribution in [0.1, 0.15) is 44.0 Å². The minimum atomic E-state index is -0.371. The average Bonchev–Trinajstić information content (AvgIpc) is 3.23. The molecule has 4 aromatic rings. The number of nitrogens with zero attached hydrogens (tertiary/aromatic N) is 4. The molecule has 0 atom stereocenters. The molecule has 0 saturated heterocycles. The van der Waals surface area contributed by atoms with Gasteiger partial charge in [-0.1, -0.05) is 23.8 Å². The van der Waals surface area contributed by atoms with Gasteiger partial charge in [0, 0.05) is 43.4 Å².